The van der Waals surface area contributed by atoms with E-state index < -0.39 is 5.97 Å². The zero-order valence-electron chi connectivity index (χ0n) is 19.7. The number of esters is 1. The van der Waals surface area contributed by atoms with E-state index in [-0.39, 0.29) is 23.9 Å². The summed E-state index contributed by atoms with van der Waals surface area (Å²) in [4.78, 5) is 38.8. The van der Waals surface area contributed by atoms with Crippen LogP contribution in [0.4, 0.5) is 0 Å². The van der Waals surface area contributed by atoms with Crippen LogP contribution in [0, 0.1) is 0 Å². The highest BCUT2D eigenvalue weighted by Crippen LogP contribution is 2.23. The maximum atomic E-state index is 13.2. The fourth-order valence-electron chi connectivity index (χ4n) is 4.26. The van der Waals surface area contributed by atoms with Crippen LogP contribution in [0.15, 0.2) is 97.2 Å². The Balaban J connectivity index is 1.45. The third-order valence-electron chi connectivity index (χ3n) is 6.06. The minimum absolute atomic E-state index is 0.198. The van der Waals surface area contributed by atoms with Gasteiger partial charge in [-0.1, -0.05) is 66.7 Å². The number of nitrogens with zero attached hydrogens (tertiary/aromatic N) is 1. The number of hydrogen-bond donors (Lipinski definition) is 1. The summed E-state index contributed by atoms with van der Waals surface area (Å²) in [5.74, 6) is -1.05. The standard InChI is InChI=1S/C30H24N2O4/c1-2-36-30(35)25-18-27(28(33)22-9-4-3-5-10-22)32-15-14-24(17-26(25)32)29(34)31-19-20-12-13-21-8-6-7-11-23(21)16-20/h3-18H,2,19H2,1H3,(H,31,34). The zero-order chi connectivity index (χ0) is 25.1. The Bertz CT molecular complexity index is 1600. The van der Waals surface area contributed by atoms with Gasteiger partial charge in [-0.25, -0.2) is 4.79 Å². The molecule has 2 heterocycles. The van der Waals surface area contributed by atoms with Gasteiger partial charge in [-0.3, -0.25) is 9.59 Å². The van der Waals surface area contributed by atoms with Gasteiger partial charge in [0.25, 0.3) is 5.91 Å². The SMILES string of the molecule is CCOC(=O)c1cc(C(=O)c2ccccc2)n2ccc(C(=O)NCc3ccc4ccccc4c3)cc12. The smallest absolute Gasteiger partial charge is 0.340 e. The van der Waals surface area contributed by atoms with Gasteiger partial charge in [-0.15, -0.1) is 0 Å². The minimum Gasteiger partial charge on any atom is -0.462 e. The molecule has 5 aromatic rings. The second-order valence-corrected chi connectivity index (χ2v) is 8.39. The van der Waals surface area contributed by atoms with Crippen molar-refractivity contribution in [1.29, 1.82) is 0 Å². The number of aromatic nitrogens is 1. The number of benzene rings is 3. The number of ketones is 1. The van der Waals surface area contributed by atoms with Gasteiger partial charge in [0.1, 0.15) is 0 Å². The summed E-state index contributed by atoms with van der Waals surface area (Å²) in [6.07, 6.45) is 1.64. The molecule has 0 aliphatic heterocycles. The number of ether oxygens (including phenoxy) is 1. The number of nitrogens with one attached hydrogen (secondary N) is 1. The van der Waals surface area contributed by atoms with Crippen molar-refractivity contribution in [3.05, 3.63) is 125 Å². The first kappa shape index (κ1) is 23.1. The van der Waals surface area contributed by atoms with E-state index in [1.807, 2.05) is 48.5 Å². The van der Waals surface area contributed by atoms with Crippen molar-refractivity contribution >= 4 is 33.9 Å². The molecule has 0 aliphatic carbocycles. The van der Waals surface area contributed by atoms with Gasteiger partial charge in [0.2, 0.25) is 5.78 Å². The number of rotatable bonds is 7. The number of pyridine rings is 1. The molecular weight excluding hydrogens is 452 g/mol. The third-order valence-corrected chi connectivity index (χ3v) is 6.06. The Morgan fingerprint density at radius 2 is 1.56 bits per heavy atom. The molecule has 3 aromatic carbocycles. The molecular formula is C30H24N2O4. The molecule has 6 nitrogen and oxygen atoms in total. The van der Waals surface area contributed by atoms with Crippen molar-refractivity contribution in [3.63, 3.8) is 0 Å². The summed E-state index contributed by atoms with van der Waals surface area (Å²) >= 11 is 0. The topological polar surface area (TPSA) is 76.9 Å². The van der Waals surface area contributed by atoms with Crippen molar-refractivity contribution in [2.75, 3.05) is 6.61 Å². The molecule has 0 atom stereocenters. The average molecular weight is 477 g/mol. The summed E-state index contributed by atoms with van der Waals surface area (Å²) in [7, 11) is 0. The maximum absolute atomic E-state index is 13.2. The van der Waals surface area contributed by atoms with Crippen molar-refractivity contribution in [2.45, 2.75) is 13.5 Å². The van der Waals surface area contributed by atoms with Crippen molar-refractivity contribution < 1.29 is 19.1 Å². The lowest BCUT2D eigenvalue weighted by atomic mass is 10.1. The summed E-state index contributed by atoms with van der Waals surface area (Å²) in [5, 5.41) is 5.19. The third kappa shape index (κ3) is 4.49. The molecule has 2 aromatic heterocycles. The molecule has 1 N–H and O–H groups in total. The Labute approximate surface area is 208 Å². The fourth-order valence-corrected chi connectivity index (χ4v) is 4.26. The Hall–Kier alpha value is -4.71. The number of fused-ring (bicyclic) bond motifs is 2. The molecule has 0 aliphatic rings. The number of carbonyl (C=O) groups is 3. The highest BCUT2D eigenvalue weighted by Gasteiger charge is 2.22. The van der Waals surface area contributed by atoms with Gasteiger partial charge < -0.3 is 14.5 Å². The van der Waals surface area contributed by atoms with E-state index in [1.165, 1.54) is 6.07 Å². The molecule has 1 amide bonds. The predicted molar refractivity (Wildman–Crippen MR) is 138 cm³/mol. The summed E-state index contributed by atoms with van der Waals surface area (Å²) in [5.41, 5.74) is 2.86. The van der Waals surface area contributed by atoms with Gasteiger partial charge in [-0.05, 0) is 47.5 Å². The van der Waals surface area contributed by atoms with E-state index >= 15 is 0 Å². The molecule has 178 valence electrons. The van der Waals surface area contributed by atoms with Crippen LogP contribution >= 0.6 is 0 Å². The largest absolute Gasteiger partial charge is 0.462 e. The van der Waals surface area contributed by atoms with Crippen LogP contribution < -0.4 is 5.32 Å². The monoisotopic (exact) mass is 476 g/mol. The highest BCUT2D eigenvalue weighted by atomic mass is 16.5. The van der Waals surface area contributed by atoms with E-state index in [9.17, 15) is 14.4 Å². The van der Waals surface area contributed by atoms with Gasteiger partial charge in [0.15, 0.2) is 0 Å². The zero-order valence-corrected chi connectivity index (χ0v) is 19.7. The lowest BCUT2D eigenvalue weighted by Crippen LogP contribution is -2.23. The predicted octanol–water partition coefficient (Wildman–Crippen LogP) is 5.43. The van der Waals surface area contributed by atoms with Gasteiger partial charge >= 0.3 is 5.97 Å². The van der Waals surface area contributed by atoms with Crippen LogP contribution in [0.25, 0.3) is 16.3 Å². The summed E-state index contributed by atoms with van der Waals surface area (Å²) in [6.45, 7) is 2.28. The van der Waals surface area contributed by atoms with Crippen LogP contribution in [-0.2, 0) is 11.3 Å². The van der Waals surface area contributed by atoms with E-state index in [0.717, 1.165) is 16.3 Å². The molecule has 36 heavy (non-hydrogen) atoms. The molecule has 5 rings (SSSR count). The van der Waals surface area contributed by atoms with Crippen LogP contribution in [0.3, 0.4) is 0 Å². The van der Waals surface area contributed by atoms with Crippen LogP contribution in [0.1, 0.15) is 49.3 Å². The van der Waals surface area contributed by atoms with Gasteiger partial charge in [0.05, 0.1) is 23.4 Å². The molecule has 0 unspecified atom stereocenters. The van der Waals surface area contributed by atoms with E-state index in [4.69, 9.17) is 4.74 Å². The maximum Gasteiger partial charge on any atom is 0.340 e. The van der Waals surface area contributed by atoms with E-state index in [2.05, 4.69) is 5.32 Å². The van der Waals surface area contributed by atoms with Crippen LogP contribution in [-0.4, -0.2) is 28.7 Å². The van der Waals surface area contributed by atoms with Crippen LogP contribution in [0.2, 0.25) is 0 Å². The Kier molecular flexibility index (Phi) is 6.33. The number of hydrogen-bond acceptors (Lipinski definition) is 4. The summed E-state index contributed by atoms with van der Waals surface area (Å²) in [6, 6.07) is 27.7. The fraction of sp³-hybridized carbons (Fsp3) is 0.100. The Morgan fingerprint density at radius 3 is 2.33 bits per heavy atom. The first-order chi connectivity index (χ1) is 17.5. The van der Waals surface area contributed by atoms with Crippen LogP contribution in [0.5, 0.6) is 0 Å². The first-order valence-corrected chi connectivity index (χ1v) is 11.7. The second-order valence-electron chi connectivity index (χ2n) is 8.39. The Morgan fingerprint density at radius 1 is 0.806 bits per heavy atom. The molecule has 0 radical (unpaired) electrons. The second kappa shape index (κ2) is 9.88. The molecule has 0 saturated carbocycles. The van der Waals surface area contributed by atoms with Gasteiger partial charge in [0, 0.05) is 23.9 Å². The van der Waals surface area contributed by atoms with Crippen molar-refractivity contribution in [3.8, 4) is 0 Å². The normalized spacial score (nSPS) is 10.9. The molecule has 6 heteroatoms. The quantitative estimate of drug-likeness (QED) is 0.251. The highest BCUT2D eigenvalue weighted by molar-refractivity contribution is 6.11. The first-order valence-electron chi connectivity index (χ1n) is 11.7. The van der Waals surface area contributed by atoms with E-state index in [1.54, 1.807) is 53.9 Å². The minimum atomic E-state index is -0.546. The van der Waals surface area contributed by atoms with Crippen molar-refractivity contribution in [2.24, 2.45) is 0 Å². The van der Waals surface area contributed by atoms with Gasteiger partial charge in [-0.2, -0.15) is 0 Å². The summed E-state index contributed by atoms with van der Waals surface area (Å²) < 4.78 is 6.84. The molecule has 0 saturated heterocycles. The molecule has 0 bridgehead atoms. The lowest BCUT2D eigenvalue weighted by Gasteiger charge is -2.09. The molecule has 0 spiro atoms. The lowest BCUT2D eigenvalue weighted by molar-refractivity contribution is 0.0528. The molecule has 0 fully saturated rings. The average Bonchev–Trinajstić information content (AvgIpc) is 3.31. The van der Waals surface area contributed by atoms with Crippen molar-refractivity contribution in [1.82, 2.24) is 9.72 Å². The number of carbonyl (C=O) groups excluding carboxylic acids is 3. The van der Waals surface area contributed by atoms with E-state index in [0.29, 0.717) is 28.9 Å². The number of amides is 1.